The van der Waals surface area contributed by atoms with Crippen LogP contribution in [0, 0.1) is 6.92 Å². The van der Waals surface area contributed by atoms with E-state index in [-0.39, 0.29) is 11.9 Å². The van der Waals surface area contributed by atoms with Crippen LogP contribution in [0.5, 0.6) is 0 Å². The minimum Gasteiger partial charge on any atom is -0.305 e. The normalized spacial score (nSPS) is 10.7. The molecule has 18 heavy (non-hydrogen) atoms. The summed E-state index contributed by atoms with van der Waals surface area (Å²) in [6.45, 7) is 5.99. The fourth-order valence-electron chi connectivity index (χ4n) is 1.74. The van der Waals surface area contributed by atoms with Gasteiger partial charge in [-0.2, -0.15) is 5.10 Å². The van der Waals surface area contributed by atoms with Crippen LogP contribution in [0.3, 0.4) is 0 Å². The lowest BCUT2D eigenvalue weighted by molar-refractivity contribution is 0.102. The number of pyridine rings is 1. The monoisotopic (exact) mass is 244 g/mol. The van der Waals surface area contributed by atoms with E-state index >= 15 is 0 Å². The molecular formula is C13H16N4O. The third-order valence-electron chi connectivity index (χ3n) is 2.55. The van der Waals surface area contributed by atoms with Gasteiger partial charge >= 0.3 is 0 Å². The van der Waals surface area contributed by atoms with E-state index in [0.29, 0.717) is 11.5 Å². The fraction of sp³-hybridized carbons (Fsp3) is 0.308. The molecular weight excluding hydrogens is 228 g/mol. The molecule has 2 heterocycles. The number of hydrogen-bond acceptors (Lipinski definition) is 3. The molecule has 0 fully saturated rings. The Labute approximate surface area is 106 Å². The first kappa shape index (κ1) is 12.3. The molecule has 0 aliphatic carbocycles. The Morgan fingerprint density at radius 1 is 1.39 bits per heavy atom. The molecule has 5 heteroatoms. The van der Waals surface area contributed by atoms with E-state index in [9.17, 15) is 4.79 Å². The van der Waals surface area contributed by atoms with Gasteiger partial charge in [0, 0.05) is 17.9 Å². The van der Waals surface area contributed by atoms with Crippen molar-refractivity contribution in [3.05, 3.63) is 41.9 Å². The Balaban J connectivity index is 2.17. The van der Waals surface area contributed by atoms with Crippen LogP contribution in [0.4, 0.5) is 5.82 Å². The minimum atomic E-state index is -0.240. The maximum atomic E-state index is 12.0. The molecule has 2 aromatic rings. The lowest BCUT2D eigenvalue weighted by Crippen LogP contribution is -2.14. The highest BCUT2D eigenvalue weighted by molar-refractivity contribution is 6.02. The second-order valence-corrected chi connectivity index (χ2v) is 4.38. The van der Waals surface area contributed by atoms with Gasteiger partial charge in [-0.05, 0) is 39.0 Å². The highest BCUT2D eigenvalue weighted by Gasteiger charge is 2.14. The molecule has 0 saturated carbocycles. The Kier molecular flexibility index (Phi) is 3.41. The van der Waals surface area contributed by atoms with E-state index in [1.54, 1.807) is 24.4 Å². The van der Waals surface area contributed by atoms with Crippen LogP contribution >= 0.6 is 0 Å². The van der Waals surface area contributed by atoms with E-state index in [1.807, 2.05) is 31.5 Å². The molecule has 1 N–H and O–H groups in total. The first-order chi connectivity index (χ1) is 8.58. The maximum absolute atomic E-state index is 12.0. The second kappa shape index (κ2) is 5.00. The number of nitrogens with zero attached hydrogens (tertiary/aromatic N) is 3. The average Bonchev–Trinajstić information content (AvgIpc) is 2.73. The Morgan fingerprint density at radius 2 is 2.17 bits per heavy atom. The van der Waals surface area contributed by atoms with Gasteiger partial charge in [-0.15, -0.1) is 0 Å². The zero-order valence-electron chi connectivity index (χ0n) is 10.7. The predicted octanol–water partition coefficient (Wildman–Crippen LogP) is 2.42. The number of anilines is 1. The molecule has 0 aromatic carbocycles. The number of carbonyl (C=O) groups is 1. The van der Waals surface area contributed by atoms with E-state index in [1.165, 1.54) is 0 Å². The molecule has 0 unspecified atom stereocenters. The number of nitrogens with one attached hydrogen (secondary N) is 1. The summed E-state index contributed by atoms with van der Waals surface area (Å²) >= 11 is 0. The summed E-state index contributed by atoms with van der Waals surface area (Å²) in [6, 6.07) is 7.37. The predicted molar refractivity (Wildman–Crippen MR) is 69.5 cm³/mol. The smallest absolute Gasteiger partial charge is 0.277 e. The SMILES string of the molecule is Cc1cc(C(=O)Nc2ccccn2)nn1C(C)C. The standard InChI is InChI=1S/C13H16N4O/c1-9(2)17-10(3)8-11(16-17)13(18)15-12-6-4-5-7-14-12/h4-9H,1-3H3,(H,14,15,18). The summed E-state index contributed by atoms with van der Waals surface area (Å²) < 4.78 is 1.83. The largest absolute Gasteiger partial charge is 0.305 e. The first-order valence-corrected chi connectivity index (χ1v) is 5.86. The number of carbonyl (C=O) groups excluding carboxylic acids is 1. The van der Waals surface area contributed by atoms with Gasteiger partial charge in [0.05, 0.1) is 0 Å². The number of aromatic nitrogens is 3. The molecule has 0 radical (unpaired) electrons. The topological polar surface area (TPSA) is 59.8 Å². The Bertz CT molecular complexity index is 545. The lowest BCUT2D eigenvalue weighted by Gasteiger charge is -2.07. The zero-order valence-corrected chi connectivity index (χ0v) is 10.7. The van der Waals surface area contributed by atoms with Gasteiger partial charge in [-0.1, -0.05) is 6.07 Å². The van der Waals surface area contributed by atoms with Crippen molar-refractivity contribution < 1.29 is 4.79 Å². The van der Waals surface area contributed by atoms with Crippen molar-refractivity contribution in [1.82, 2.24) is 14.8 Å². The van der Waals surface area contributed by atoms with Crippen LogP contribution in [-0.4, -0.2) is 20.7 Å². The average molecular weight is 244 g/mol. The lowest BCUT2D eigenvalue weighted by atomic mass is 10.3. The summed E-state index contributed by atoms with van der Waals surface area (Å²) in [5, 5.41) is 6.99. The van der Waals surface area contributed by atoms with Crippen LogP contribution < -0.4 is 5.32 Å². The minimum absolute atomic E-state index is 0.237. The fourth-order valence-corrected chi connectivity index (χ4v) is 1.74. The summed E-state index contributed by atoms with van der Waals surface area (Å²) in [5.41, 5.74) is 1.38. The second-order valence-electron chi connectivity index (χ2n) is 4.38. The number of rotatable bonds is 3. The van der Waals surface area contributed by atoms with Gasteiger partial charge in [0.15, 0.2) is 5.69 Å². The van der Waals surface area contributed by atoms with E-state index in [0.717, 1.165) is 5.69 Å². The van der Waals surface area contributed by atoms with Gasteiger partial charge < -0.3 is 5.32 Å². The van der Waals surface area contributed by atoms with Crippen molar-refractivity contribution in [2.45, 2.75) is 26.8 Å². The molecule has 2 aromatic heterocycles. The van der Waals surface area contributed by atoms with Gasteiger partial charge in [-0.3, -0.25) is 9.48 Å². The van der Waals surface area contributed by atoms with Crippen LogP contribution in [0.15, 0.2) is 30.5 Å². The van der Waals surface area contributed by atoms with Crippen molar-refractivity contribution in [1.29, 1.82) is 0 Å². The van der Waals surface area contributed by atoms with Crippen molar-refractivity contribution in [3.63, 3.8) is 0 Å². The third-order valence-corrected chi connectivity index (χ3v) is 2.55. The zero-order chi connectivity index (χ0) is 13.1. The number of aryl methyl sites for hydroxylation is 1. The van der Waals surface area contributed by atoms with Gasteiger partial charge in [0.1, 0.15) is 5.82 Å². The highest BCUT2D eigenvalue weighted by Crippen LogP contribution is 2.11. The van der Waals surface area contributed by atoms with Crippen molar-refractivity contribution in [2.24, 2.45) is 0 Å². The number of amides is 1. The molecule has 0 atom stereocenters. The summed E-state index contributed by atoms with van der Waals surface area (Å²) in [7, 11) is 0. The maximum Gasteiger partial charge on any atom is 0.277 e. The van der Waals surface area contributed by atoms with Gasteiger partial charge in [0.2, 0.25) is 0 Å². The highest BCUT2D eigenvalue weighted by atomic mass is 16.2. The molecule has 5 nitrogen and oxygen atoms in total. The molecule has 1 amide bonds. The molecule has 0 spiro atoms. The van der Waals surface area contributed by atoms with Crippen LogP contribution in [0.2, 0.25) is 0 Å². The molecule has 94 valence electrons. The Hall–Kier alpha value is -2.17. The quantitative estimate of drug-likeness (QED) is 0.902. The number of hydrogen-bond donors (Lipinski definition) is 1. The third kappa shape index (κ3) is 2.56. The van der Waals surface area contributed by atoms with Crippen LogP contribution in [-0.2, 0) is 0 Å². The molecule has 0 bridgehead atoms. The van der Waals surface area contributed by atoms with Crippen molar-refractivity contribution in [3.8, 4) is 0 Å². The van der Waals surface area contributed by atoms with Crippen LogP contribution in [0.1, 0.15) is 36.1 Å². The van der Waals surface area contributed by atoms with E-state index in [4.69, 9.17) is 0 Å². The van der Waals surface area contributed by atoms with E-state index < -0.39 is 0 Å². The van der Waals surface area contributed by atoms with Gasteiger partial charge in [0.25, 0.3) is 5.91 Å². The van der Waals surface area contributed by atoms with Crippen LogP contribution in [0.25, 0.3) is 0 Å². The van der Waals surface area contributed by atoms with Gasteiger partial charge in [-0.25, -0.2) is 4.98 Å². The summed E-state index contributed by atoms with van der Waals surface area (Å²) in [5.74, 6) is 0.287. The Morgan fingerprint density at radius 3 is 2.72 bits per heavy atom. The first-order valence-electron chi connectivity index (χ1n) is 5.86. The molecule has 0 aliphatic rings. The summed E-state index contributed by atoms with van der Waals surface area (Å²) in [4.78, 5) is 16.0. The van der Waals surface area contributed by atoms with Crippen molar-refractivity contribution >= 4 is 11.7 Å². The molecule has 0 aliphatic heterocycles. The molecule has 2 rings (SSSR count). The summed E-state index contributed by atoms with van der Waals surface area (Å²) in [6.07, 6.45) is 1.63. The van der Waals surface area contributed by atoms with Crippen molar-refractivity contribution in [2.75, 3.05) is 5.32 Å². The molecule has 0 saturated heterocycles. The van der Waals surface area contributed by atoms with E-state index in [2.05, 4.69) is 15.4 Å².